The summed E-state index contributed by atoms with van der Waals surface area (Å²) in [6, 6.07) is 8.93. The Bertz CT molecular complexity index is 315. The van der Waals surface area contributed by atoms with Crippen molar-refractivity contribution >= 4 is 72.3 Å². The van der Waals surface area contributed by atoms with Crippen LogP contribution in [-0.4, -0.2) is 46.0 Å². The Morgan fingerprint density at radius 3 is 1.65 bits per heavy atom. The zero-order valence-corrected chi connectivity index (χ0v) is 16.5. The number of benzene rings is 1. The van der Waals surface area contributed by atoms with Crippen LogP contribution in [0, 0.1) is 0 Å². The molecule has 1 aromatic carbocycles. The highest BCUT2D eigenvalue weighted by atomic mass is 32.2. The highest BCUT2D eigenvalue weighted by Gasteiger charge is 1.99. The summed E-state index contributed by atoms with van der Waals surface area (Å²) in [6.07, 6.45) is 0. The Labute approximate surface area is 151 Å². The molecule has 0 N–H and O–H groups in total. The summed E-state index contributed by atoms with van der Waals surface area (Å²) in [5.41, 5.74) is 0. The molecule has 6 heteroatoms. The summed E-state index contributed by atoms with van der Waals surface area (Å²) < 4.78 is 0. The molecule has 0 amide bonds. The molecule has 0 bridgehead atoms. The summed E-state index contributed by atoms with van der Waals surface area (Å²) in [5.74, 6) is 9.06. The standard InChI is InChI=1S/C14H22S6/c15-4-6-17-8-10-19-13-2-1-3-14(12-13)20-11-9-18-7-5-16/h1-3,12,15-16H,4-11H2. The third-order valence-electron chi connectivity index (χ3n) is 2.27. The summed E-state index contributed by atoms with van der Waals surface area (Å²) in [5, 5.41) is 0. The predicted molar refractivity (Wildman–Crippen MR) is 110 cm³/mol. The Balaban J connectivity index is 2.19. The lowest BCUT2D eigenvalue weighted by Crippen LogP contribution is -1.89. The van der Waals surface area contributed by atoms with Gasteiger partial charge >= 0.3 is 0 Å². The Kier molecular flexibility index (Phi) is 13.5. The first-order valence-corrected chi connectivity index (χ1v) is 12.1. The fourth-order valence-electron chi connectivity index (χ4n) is 1.42. The smallest absolute Gasteiger partial charge is 0.00833 e. The molecule has 0 fully saturated rings. The molecule has 20 heavy (non-hydrogen) atoms. The molecule has 0 aromatic heterocycles. The molecule has 0 heterocycles. The van der Waals surface area contributed by atoms with Gasteiger partial charge in [0.25, 0.3) is 0 Å². The van der Waals surface area contributed by atoms with Gasteiger partial charge in [-0.3, -0.25) is 0 Å². The van der Waals surface area contributed by atoms with Crippen molar-refractivity contribution < 1.29 is 0 Å². The zero-order chi connectivity index (χ0) is 14.5. The third-order valence-corrected chi connectivity index (χ3v) is 7.80. The van der Waals surface area contributed by atoms with Crippen LogP contribution < -0.4 is 0 Å². The minimum atomic E-state index is 0.979. The lowest BCUT2D eigenvalue weighted by molar-refractivity contribution is 1.32. The van der Waals surface area contributed by atoms with Crippen molar-refractivity contribution in [1.29, 1.82) is 0 Å². The van der Waals surface area contributed by atoms with E-state index in [1.807, 2.05) is 47.0 Å². The van der Waals surface area contributed by atoms with Crippen LogP contribution in [0.4, 0.5) is 0 Å². The van der Waals surface area contributed by atoms with Crippen LogP contribution in [-0.2, 0) is 0 Å². The van der Waals surface area contributed by atoms with E-state index in [9.17, 15) is 0 Å². The van der Waals surface area contributed by atoms with Crippen molar-refractivity contribution in [3.8, 4) is 0 Å². The van der Waals surface area contributed by atoms with Crippen LogP contribution in [0.15, 0.2) is 34.1 Å². The largest absolute Gasteiger partial charge is 0.179 e. The molecule has 0 saturated heterocycles. The maximum atomic E-state index is 4.22. The lowest BCUT2D eigenvalue weighted by Gasteiger charge is -2.05. The van der Waals surface area contributed by atoms with E-state index in [1.54, 1.807) is 0 Å². The summed E-state index contributed by atoms with van der Waals surface area (Å²) in [7, 11) is 0. The van der Waals surface area contributed by atoms with Gasteiger partial charge in [0.1, 0.15) is 0 Å². The molecule has 0 nitrogen and oxygen atoms in total. The summed E-state index contributed by atoms with van der Waals surface area (Å²) in [6.45, 7) is 0. The average Bonchev–Trinajstić information content (AvgIpc) is 2.47. The molecule has 1 aromatic rings. The first kappa shape index (κ1) is 19.4. The van der Waals surface area contributed by atoms with Gasteiger partial charge in [-0.05, 0) is 29.7 Å². The van der Waals surface area contributed by atoms with Gasteiger partial charge in [-0.15, -0.1) is 23.5 Å². The van der Waals surface area contributed by atoms with E-state index in [0.29, 0.717) is 0 Å². The van der Waals surface area contributed by atoms with Gasteiger partial charge in [0.2, 0.25) is 0 Å². The SMILES string of the molecule is SCCSCCSc1cccc(SCCSCCS)c1. The summed E-state index contributed by atoms with van der Waals surface area (Å²) >= 11 is 16.3. The van der Waals surface area contributed by atoms with Crippen LogP contribution in [0.3, 0.4) is 0 Å². The molecule has 114 valence electrons. The lowest BCUT2D eigenvalue weighted by atomic mass is 10.4. The highest BCUT2D eigenvalue weighted by Crippen LogP contribution is 2.26. The van der Waals surface area contributed by atoms with E-state index in [4.69, 9.17) is 0 Å². The summed E-state index contributed by atoms with van der Waals surface area (Å²) in [4.78, 5) is 2.79. The van der Waals surface area contributed by atoms with Crippen molar-refractivity contribution in [2.45, 2.75) is 9.79 Å². The topological polar surface area (TPSA) is 0 Å². The zero-order valence-electron chi connectivity index (χ0n) is 11.5. The van der Waals surface area contributed by atoms with Gasteiger partial charge in [0.15, 0.2) is 0 Å². The number of hydrogen-bond acceptors (Lipinski definition) is 6. The first-order valence-electron chi connectivity index (χ1n) is 6.59. The molecule has 0 saturated carbocycles. The van der Waals surface area contributed by atoms with E-state index < -0.39 is 0 Å². The van der Waals surface area contributed by atoms with Crippen LogP contribution in [0.5, 0.6) is 0 Å². The van der Waals surface area contributed by atoms with Crippen LogP contribution >= 0.6 is 72.3 Å². The fraction of sp³-hybridized carbons (Fsp3) is 0.571. The first-order chi connectivity index (χ1) is 9.86. The second kappa shape index (κ2) is 13.9. The van der Waals surface area contributed by atoms with Crippen molar-refractivity contribution in [3.63, 3.8) is 0 Å². The minimum Gasteiger partial charge on any atom is -0.179 e. The Morgan fingerprint density at radius 1 is 0.700 bits per heavy atom. The number of thiol groups is 2. The predicted octanol–water partition coefficient (Wildman–Crippen LogP) is 5.20. The number of rotatable bonds is 12. The maximum Gasteiger partial charge on any atom is 0.00833 e. The monoisotopic (exact) mass is 382 g/mol. The Hall–Kier alpha value is 1.32. The quantitative estimate of drug-likeness (QED) is 0.290. The van der Waals surface area contributed by atoms with E-state index in [0.717, 1.165) is 23.0 Å². The minimum absolute atomic E-state index is 0.979. The van der Waals surface area contributed by atoms with Gasteiger partial charge in [0.05, 0.1) is 0 Å². The third kappa shape index (κ3) is 10.1. The van der Waals surface area contributed by atoms with E-state index in [1.165, 1.54) is 32.8 Å². The number of thioether (sulfide) groups is 4. The Morgan fingerprint density at radius 2 is 1.20 bits per heavy atom. The number of hydrogen-bond donors (Lipinski definition) is 2. The molecule has 0 spiro atoms. The van der Waals surface area contributed by atoms with Gasteiger partial charge in [0, 0.05) is 44.3 Å². The van der Waals surface area contributed by atoms with E-state index in [2.05, 4.69) is 49.5 Å². The van der Waals surface area contributed by atoms with Gasteiger partial charge in [-0.1, -0.05) is 6.07 Å². The van der Waals surface area contributed by atoms with E-state index >= 15 is 0 Å². The molecular formula is C14H22S6. The molecule has 0 unspecified atom stereocenters. The van der Waals surface area contributed by atoms with Gasteiger partial charge in [-0.25, -0.2) is 0 Å². The van der Waals surface area contributed by atoms with Crippen LogP contribution in [0.1, 0.15) is 0 Å². The molecule has 1 rings (SSSR count). The van der Waals surface area contributed by atoms with Crippen molar-refractivity contribution in [3.05, 3.63) is 24.3 Å². The van der Waals surface area contributed by atoms with E-state index in [-0.39, 0.29) is 0 Å². The van der Waals surface area contributed by atoms with Crippen LogP contribution in [0.2, 0.25) is 0 Å². The normalized spacial score (nSPS) is 10.9. The highest BCUT2D eigenvalue weighted by molar-refractivity contribution is 8.04. The second-order valence-electron chi connectivity index (χ2n) is 3.84. The molecule has 0 aliphatic heterocycles. The second-order valence-corrected chi connectivity index (χ2v) is 9.52. The molecule has 0 aliphatic carbocycles. The molecular weight excluding hydrogens is 361 g/mol. The van der Waals surface area contributed by atoms with Gasteiger partial charge in [-0.2, -0.15) is 48.8 Å². The van der Waals surface area contributed by atoms with Gasteiger partial charge < -0.3 is 0 Å². The van der Waals surface area contributed by atoms with Crippen molar-refractivity contribution in [1.82, 2.24) is 0 Å². The van der Waals surface area contributed by atoms with Crippen LogP contribution in [0.25, 0.3) is 0 Å². The average molecular weight is 383 g/mol. The molecule has 0 radical (unpaired) electrons. The molecule has 0 atom stereocenters. The fourth-order valence-corrected chi connectivity index (χ4v) is 5.79. The molecule has 0 aliphatic rings. The van der Waals surface area contributed by atoms with Crippen molar-refractivity contribution in [2.75, 3.05) is 46.0 Å². The van der Waals surface area contributed by atoms with Crippen molar-refractivity contribution in [2.24, 2.45) is 0 Å². The maximum absolute atomic E-state index is 4.22.